The summed E-state index contributed by atoms with van der Waals surface area (Å²) >= 11 is 15.2. The number of hydrogen-bond donors (Lipinski definition) is 4. The minimum absolute atomic E-state index is 0.0283. The van der Waals surface area contributed by atoms with Crippen LogP contribution < -0.4 is 37.9 Å². The lowest BCUT2D eigenvalue weighted by Gasteiger charge is -2.23. The van der Waals surface area contributed by atoms with Crippen molar-refractivity contribution in [3.8, 4) is 69.0 Å². The SMILES string of the molecule is C=C(C)C(=O)Cl.CC(C)(C)c1cc(OC(=O)c2ccc(O)cc2)ccc1OC(=O)c1ccc(O)cc1.CC(C)(C)c1cc(OC(=O)c2ccc(O)cc2)ccc1OC(=O)c1ccc(OC(=O)CCCCCCCCC(=O)Oc2ccc(C(=O)Oc3ccc(OC(=O)c4ccc(O)cc4)cc3C(C)(C)C)cc2)cc1.O=C(Cl)CCCCCCCCC(=O)Cl. The molecular formula is C96H101Cl3O23. The van der Waals surface area contributed by atoms with Gasteiger partial charge in [-0.25, -0.2) is 28.8 Å². The summed E-state index contributed by atoms with van der Waals surface area (Å²) in [6.45, 7) is 22.3. The second-order valence-corrected chi connectivity index (χ2v) is 32.4. The van der Waals surface area contributed by atoms with Gasteiger partial charge in [0, 0.05) is 47.9 Å². The van der Waals surface area contributed by atoms with Crippen molar-refractivity contribution in [3.63, 3.8) is 0 Å². The molecular weight excluding hydrogens is 1630 g/mol. The van der Waals surface area contributed by atoms with Crippen LogP contribution in [0.25, 0.3) is 0 Å². The number of ether oxygens (including phenoxy) is 8. The molecule has 644 valence electrons. The zero-order valence-electron chi connectivity index (χ0n) is 69.8. The highest BCUT2D eigenvalue weighted by atomic mass is 35.5. The predicted molar refractivity (Wildman–Crippen MR) is 463 cm³/mol. The third-order valence-corrected chi connectivity index (χ3v) is 18.6. The molecule has 0 aliphatic rings. The van der Waals surface area contributed by atoms with Crippen LogP contribution in [0.15, 0.2) is 212 Å². The number of carbonyl (C=O) groups is 11. The Hall–Kier alpha value is -12.4. The number of esters is 8. The van der Waals surface area contributed by atoms with E-state index in [1.165, 1.54) is 158 Å². The first-order valence-corrected chi connectivity index (χ1v) is 40.5. The van der Waals surface area contributed by atoms with Crippen LogP contribution in [-0.4, -0.2) is 83.9 Å². The van der Waals surface area contributed by atoms with Crippen molar-refractivity contribution in [1.29, 1.82) is 0 Å². The highest BCUT2D eigenvalue weighted by Crippen LogP contribution is 2.39. The van der Waals surface area contributed by atoms with Gasteiger partial charge in [0.2, 0.25) is 15.7 Å². The molecule has 0 unspecified atom stereocenters. The Bertz CT molecular complexity index is 4850. The molecule has 122 heavy (non-hydrogen) atoms. The number of unbranched alkanes of at least 4 members (excludes halogenated alkanes) is 10. The molecule has 23 nitrogen and oxygen atoms in total. The number of benzene rings is 9. The molecule has 9 aromatic carbocycles. The average Bonchev–Trinajstić information content (AvgIpc) is 0.813. The summed E-state index contributed by atoms with van der Waals surface area (Å²) in [5, 5.41) is 36.8. The summed E-state index contributed by atoms with van der Waals surface area (Å²) in [6, 6.07) is 49.3. The standard InChI is InChI=1S/C58H58O14.C24H22O6.C10H16Cl2O2.C4H5ClO/c1-57(2,3)47-35-45(69-53(63)37-15-23-41(59)24-16-37)31-33-49(47)71-55(65)39-19-27-43(28-20-39)67-51(61)13-11-9-7-8-10-12-14-52(62)68-44-29-21-40(22-30-44)56(66)72-50-34-32-46(36-48(50)58(4,5)6)70-54(64)38-17-25-42(60)26-18-38;1-24(2,3)20-14-19(29-22(27)15-4-8-17(25)9-5-15)12-13-21(20)30-23(28)16-6-10-18(26)11-7-16;11-9(13)7-5-3-1-2-4-6-8-10(12)14;1-3(2)4(5)6/h15-36,59-60H,7-14H2,1-6H3;4-14,25-26H,1-3H3;1-8H2;1H2,2H3. The number of hydrogen-bond acceptors (Lipinski definition) is 23. The summed E-state index contributed by atoms with van der Waals surface area (Å²) in [7, 11) is 0. The lowest BCUT2D eigenvalue weighted by Crippen LogP contribution is -2.17. The minimum atomic E-state index is -0.621. The number of allylic oxidation sites excluding steroid dienone is 1. The molecule has 0 saturated heterocycles. The van der Waals surface area contributed by atoms with Gasteiger partial charge in [-0.1, -0.05) is 120 Å². The fraction of sp³-hybridized carbons (Fsp3) is 0.302. The van der Waals surface area contributed by atoms with Gasteiger partial charge in [-0.05, 0) is 284 Å². The molecule has 0 amide bonds. The van der Waals surface area contributed by atoms with Crippen LogP contribution in [0.4, 0.5) is 0 Å². The monoisotopic (exact) mass is 1730 g/mol. The summed E-state index contributed by atoms with van der Waals surface area (Å²) in [5.41, 5.74) is 2.59. The maximum absolute atomic E-state index is 13.1. The molecule has 0 aliphatic carbocycles. The normalized spacial score (nSPS) is 10.9. The summed E-state index contributed by atoms with van der Waals surface area (Å²) in [4.78, 5) is 132. The number of carbonyl (C=O) groups excluding carboxylic acids is 11. The summed E-state index contributed by atoms with van der Waals surface area (Å²) in [5.74, 6) is -1.82. The number of phenols is 4. The largest absolute Gasteiger partial charge is 0.508 e. The zero-order valence-corrected chi connectivity index (χ0v) is 72.0. The number of phenolic OH excluding ortho intramolecular Hbond substituents is 4. The van der Waals surface area contributed by atoms with Crippen LogP contribution in [0.3, 0.4) is 0 Å². The Balaban J connectivity index is 0.000000372. The minimum Gasteiger partial charge on any atom is -0.508 e. The maximum Gasteiger partial charge on any atom is 0.343 e. The third kappa shape index (κ3) is 35.1. The van der Waals surface area contributed by atoms with Gasteiger partial charge in [-0.3, -0.25) is 24.0 Å². The van der Waals surface area contributed by atoms with E-state index < -0.39 is 69.2 Å². The van der Waals surface area contributed by atoms with E-state index in [0.717, 1.165) is 64.2 Å². The molecule has 0 aromatic heterocycles. The van der Waals surface area contributed by atoms with Crippen LogP contribution in [0.2, 0.25) is 0 Å². The van der Waals surface area contributed by atoms with E-state index in [4.69, 9.17) is 72.7 Å². The molecule has 0 fully saturated rings. The molecule has 0 radical (unpaired) electrons. The van der Waals surface area contributed by atoms with Crippen LogP contribution in [0, 0.1) is 0 Å². The van der Waals surface area contributed by atoms with Gasteiger partial charge in [0.05, 0.1) is 33.4 Å². The second-order valence-electron chi connectivity index (χ2n) is 31.3. The Morgan fingerprint density at radius 2 is 0.459 bits per heavy atom. The Morgan fingerprint density at radius 3 is 0.664 bits per heavy atom. The van der Waals surface area contributed by atoms with E-state index in [1.54, 1.807) is 49.4 Å². The maximum atomic E-state index is 13.1. The van der Waals surface area contributed by atoms with Gasteiger partial charge in [-0.2, -0.15) is 0 Å². The molecule has 0 heterocycles. The number of rotatable bonds is 33. The molecule has 9 rings (SSSR count). The fourth-order valence-corrected chi connectivity index (χ4v) is 11.5. The zero-order chi connectivity index (χ0) is 89.9. The van der Waals surface area contributed by atoms with Crippen molar-refractivity contribution in [2.45, 2.75) is 188 Å². The van der Waals surface area contributed by atoms with Crippen LogP contribution in [0.1, 0.15) is 251 Å². The van der Waals surface area contributed by atoms with Gasteiger partial charge in [0.25, 0.3) is 0 Å². The van der Waals surface area contributed by atoms with Crippen LogP contribution in [0.5, 0.6) is 69.0 Å². The van der Waals surface area contributed by atoms with Gasteiger partial charge in [-0.15, -0.1) is 0 Å². The van der Waals surface area contributed by atoms with E-state index in [1.807, 2.05) is 62.3 Å². The average molecular weight is 1730 g/mol. The van der Waals surface area contributed by atoms with Crippen molar-refractivity contribution < 1.29 is 111 Å². The van der Waals surface area contributed by atoms with Crippen molar-refractivity contribution in [1.82, 2.24) is 0 Å². The van der Waals surface area contributed by atoms with Crippen molar-refractivity contribution in [3.05, 3.63) is 262 Å². The first kappa shape index (κ1) is 98.4. The first-order chi connectivity index (χ1) is 57.6. The van der Waals surface area contributed by atoms with E-state index in [2.05, 4.69) is 6.58 Å². The van der Waals surface area contributed by atoms with Gasteiger partial charge in [0.1, 0.15) is 69.0 Å². The summed E-state index contributed by atoms with van der Waals surface area (Å²) < 4.78 is 44.6. The molecule has 0 aliphatic heterocycles. The highest BCUT2D eigenvalue weighted by molar-refractivity contribution is 6.67. The molecule has 0 saturated carbocycles. The topological polar surface area (TPSA) is 343 Å². The quantitative estimate of drug-likeness (QED) is 0.00976. The Labute approximate surface area is 724 Å². The number of aromatic hydroxyl groups is 4. The highest BCUT2D eigenvalue weighted by Gasteiger charge is 2.28. The molecule has 0 bridgehead atoms. The molecule has 4 N–H and O–H groups in total. The third-order valence-electron chi connectivity index (χ3n) is 17.9. The van der Waals surface area contributed by atoms with Gasteiger partial charge in [0.15, 0.2) is 0 Å². The molecule has 0 atom stereocenters. The van der Waals surface area contributed by atoms with E-state index >= 15 is 0 Å². The lowest BCUT2D eigenvalue weighted by molar-refractivity contribution is -0.135. The molecule has 26 heteroatoms. The number of halogens is 3. The van der Waals surface area contributed by atoms with Gasteiger partial charge < -0.3 is 58.3 Å². The van der Waals surface area contributed by atoms with Crippen molar-refractivity contribution in [2.24, 2.45) is 0 Å². The fourth-order valence-electron chi connectivity index (χ4n) is 11.3. The van der Waals surface area contributed by atoms with Crippen LogP contribution in [-0.2, 0) is 40.2 Å². The van der Waals surface area contributed by atoms with Crippen LogP contribution >= 0.6 is 34.8 Å². The summed E-state index contributed by atoms with van der Waals surface area (Å²) in [6.07, 6.45) is 12.0. The van der Waals surface area contributed by atoms with E-state index in [-0.39, 0.29) is 80.1 Å². The predicted octanol–water partition coefficient (Wildman–Crippen LogP) is 22.0. The van der Waals surface area contributed by atoms with E-state index in [0.29, 0.717) is 93.6 Å². The lowest BCUT2D eigenvalue weighted by atomic mass is 9.86. The second kappa shape index (κ2) is 48.1. The van der Waals surface area contributed by atoms with Crippen molar-refractivity contribution >= 4 is 98.3 Å². The molecule has 9 aromatic rings. The smallest absolute Gasteiger partial charge is 0.343 e. The Kier molecular flexibility index (Phi) is 38.8. The Morgan fingerprint density at radius 1 is 0.270 bits per heavy atom. The van der Waals surface area contributed by atoms with Gasteiger partial charge >= 0.3 is 47.8 Å². The first-order valence-electron chi connectivity index (χ1n) is 39.4. The van der Waals surface area contributed by atoms with Crippen molar-refractivity contribution in [2.75, 3.05) is 0 Å². The van der Waals surface area contributed by atoms with E-state index in [9.17, 15) is 73.2 Å². The molecule has 0 spiro atoms.